The number of aliphatic carboxylic acids is 1. The molecule has 0 bridgehead atoms. The lowest BCUT2D eigenvalue weighted by atomic mass is 9.98. The van der Waals surface area contributed by atoms with E-state index in [0.29, 0.717) is 24.1 Å². The molecule has 1 aliphatic rings. The highest BCUT2D eigenvalue weighted by Gasteiger charge is 2.33. The van der Waals surface area contributed by atoms with Crippen LogP contribution in [0.25, 0.3) is 0 Å². The summed E-state index contributed by atoms with van der Waals surface area (Å²) in [6.45, 7) is 2.10. The Hall–Kier alpha value is -1.33. The predicted octanol–water partition coefficient (Wildman–Crippen LogP) is 2.53. The largest absolute Gasteiger partial charge is 0.492 e. The molecule has 0 spiro atoms. The Bertz CT molecular complexity index is 521. The normalized spacial score (nSPS) is 22.5. The fourth-order valence-corrected chi connectivity index (χ4v) is 2.57. The van der Waals surface area contributed by atoms with Gasteiger partial charge in [-0.05, 0) is 25.0 Å². The third-order valence-electron chi connectivity index (χ3n) is 3.43. The number of methoxy groups -OCH3 is 1. The van der Waals surface area contributed by atoms with Gasteiger partial charge in [0.1, 0.15) is 0 Å². The summed E-state index contributed by atoms with van der Waals surface area (Å²) in [5, 5.41) is 12.2. The van der Waals surface area contributed by atoms with Crippen molar-refractivity contribution in [3.8, 4) is 5.75 Å². The first-order valence-corrected chi connectivity index (χ1v) is 6.32. The van der Waals surface area contributed by atoms with Crippen LogP contribution in [0.4, 0.5) is 4.39 Å². The second-order valence-corrected chi connectivity index (χ2v) is 5.05. The van der Waals surface area contributed by atoms with E-state index < -0.39 is 17.7 Å². The number of hydrogen-bond acceptors (Lipinski definition) is 3. The molecule has 4 nitrogen and oxygen atoms in total. The molecule has 104 valence electrons. The van der Waals surface area contributed by atoms with Gasteiger partial charge in [0.2, 0.25) is 0 Å². The van der Waals surface area contributed by atoms with Crippen LogP contribution in [0.2, 0.25) is 5.02 Å². The number of carboxylic acids is 1. The molecule has 6 heteroatoms. The molecular formula is C13H15ClFNO3. The molecule has 0 aliphatic carbocycles. The first-order valence-electron chi connectivity index (χ1n) is 5.94. The maximum Gasteiger partial charge on any atom is 0.307 e. The fourth-order valence-electron chi connectivity index (χ4n) is 2.36. The van der Waals surface area contributed by atoms with Crippen molar-refractivity contribution in [1.82, 2.24) is 5.32 Å². The maximum absolute atomic E-state index is 14.3. The monoisotopic (exact) mass is 287 g/mol. The Morgan fingerprint density at radius 1 is 1.63 bits per heavy atom. The Balaban J connectivity index is 2.36. The van der Waals surface area contributed by atoms with Gasteiger partial charge in [0.25, 0.3) is 0 Å². The lowest BCUT2D eigenvalue weighted by Gasteiger charge is -2.16. The van der Waals surface area contributed by atoms with Crippen LogP contribution in [0, 0.1) is 18.7 Å². The zero-order chi connectivity index (χ0) is 14.2. The average molecular weight is 288 g/mol. The van der Waals surface area contributed by atoms with Crippen LogP contribution in [-0.4, -0.2) is 24.7 Å². The predicted molar refractivity (Wildman–Crippen MR) is 69.2 cm³/mol. The van der Waals surface area contributed by atoms with E-state index in [1.54, 1.807) is 13.0 Å². The summed E-state index contributed by atoms with van der Waals surface area (Å²) in [4.78, 5) is 10.9. The molecule has 2 atom stereocenters. The summed E-state index contributed by atoms with van der Waals surface area (Å²) in [6, 6.07) is 1.31. The molecule has 0 aromatic heterocycles. The van der Waals surface area contributed by atoms with Crippen molar-refractivity contribution in [3.63, 3.8) is 0 Å². The van der Waals surface area contributed by atoms with Crippen molar-refractivity contribution in [2.45, 2.75) is 19.4 Å². The zero-order valence-electron chi connectivity index (χ0n) is 10.7. The van der Waals surface area contributed by atoms with E-state index in [2.05, 4.69) is 5.32 Å². The van der Waals surface area contributed by atoms with Gasteiger partial charge in [-0.15, -0.1) is 0 Å². The van der Waals surface area contributed by atoms with E-state index in [9.17, 15) is 9.18 Å². The average Bonchev–Trinajstić information content (AvgIpc) is 2.84. The van der Waals surface area contributed by atoms with E-state index >= 15 is 0 Å². The van der Waals surface area contributed by atoms with Crippen LogP contribution in [0.5, 0.6) is 5.75 Å². The van der Waals surface area contributed by atoms with Gasteiger partial charge in [-0.2, -0.15) is 0 Å². The highest BCUT2D eigenvalue weighted by Crippen LogP contribution is 2.38. The minimum atomic E-state index is -0.868. The molecule has 1 aliphatic heterocycles. The highest BCUT2D eigenvalue weighted by molar-refractivity contribution is 6.32. The Kier molecular flexibility index (Phi) is 3.96. The summed E-state index contributed by atoms with van der Waals surface area (Å²) < 4.78 is 19.3. The van der Waals surface area contributed by atoms with Crippen LogP contribution in [0.1, 0.15) is 23.6 Å². The van der Waals surface area contributed by atoms with E-state index in [-0.39, 0.29) is 16.8 Å². The molecule has 2 rings (SSSR count). The topological polar surface area (TPSA) is 58.6 Å². The molecule has 19 heavy (non-hydrogen) atoms. The molecule has 1 aromatic rings. The summed E-state index contributed by atoms with van der Waals surface area (Å²) >= 11 is 5.98. The van der Waals surface area contributed by atoms with Gasteiger partial charge in [-0.3, -0.25) is 4.79 Å². The van der Waals surface area contributed by atoms with Crippen molar-refractivity contribution in [2.75, 3.05) is 13.7 Å². The quantitative estimate of drug-likeness (QED) is 0.897. The summed E-state index contributed by atoms with van der Waals surface area (Å²) in [5.41, 5.74) is 1.11. The third kappa shape index (κ3) is 2.53. The zero-order valence-corrected chi connectivity index (χ0v) is 11.4. The molecule has 1 fully saturated rings. The molecule has 1 aromatic carbocycles. The number of hydrogen-bond donors (Lipinski definition) is 2. The van der Waals surface area contributed by atoms with Crippen LogP contribution in [-0.2, 0) is 4.79 Å². The minimum absolute atomic E-state index is 0.0113. The van der Waals surface area contributed by atoms with E-state index in [0.717, 1.165) is 0 Å². The summed E-state index contributed by atoms with van der Waals surface area (Å²) in [6.07, 6.45) is 0.358. The SMILES string of the molecule is COc1c(F)c(C2CC(C(=O)O)CN2)cc(C)c1Cl. The van der Waals surface area contributed by atoms with Crippen molar-refractivity contribution in [2.24, 2.45) is 5.92 Å². The van der Waals surface area contributed by atoms with Gasteiger partial charge in [-0.1, -0.05) is 11.6 Å². The van der Waals surface area contributed by atoms with Gasteiger partial charge in [0.15, 0.2) is 11.6 Å². The molecule has 0 radical (unpaired) electrons. The van der Waals surface area contributed by atoms with Crippen molar-refractivity contribution < 1.29 is 19.0 Å². The third-order valence-corrected chi connectivity index (χ3v) is 3.90. The molecule has 0 amide bonds. The lowest BCUT2D eigenvalue weighted by molar-refractivity contribution is -0.141. The van der Waals surface area contributed by atoms with Crippen LogP contribution in [0.3, 0.4) is 0 Å². The number of halogens is 2. The number of ether oxygens (including phenoxy) is 1. The Morgan fingerprint density at radius 3 is 2.84 bits per heavy atom. The first-order chi connectivity index (χ1) is 8.95. The maximum atomic E-state index is 14.3. The number of carboxylic acid groups (broad SMARTS) is 1. The molecule has 1 saturated heterocycles. The smallest absolute Gasteiger partial charge is 0.307 e. The lowest BCUT2D eigenvalue weighted by Crippen LogP contribution is -2.18. The van der Waals surface area contributed by atoms with Gasteiger partial charge in [0, 0.05) is 18.2 Å². The number of benzene rings is 1. The number of aryl methyl sites for hydroxylation is 1. The molecule has 0 saturated carbocycles. The Labute approximate surface area is 115 Å². The molecular weight excluding hydrogens is 273 g/mol. The van der Waals surface area contributed by atoms with Crippen molar-refractivity contribution >= 4 is 17.6 Å². The summed E-state index contributed by atoms with van der Waals surface area (Å²) in [7, 11) is 1.36. The van der Waals surface area contributed by atoms with Crippen LogP contribution >= 0.6 is 11.6 Å². The number of carbonyl (C=O) groups is 1. The van der Waals surface area contributed by atoms with Crippen molar-refractivity contribution in [1.29, 1.82) is 0 Å². The van der Waals surface area contributed by atoms with E-state index in [4.69, 9.17) is 21.4 Å². The Morgan fingerprint density at radius 2 is 2.32 bits per heavy atom. The number of rotatable bonds is 3. The standard InChI is InChI=1S/C13H15ClFNO3/c1-6-3-8(11(15)12(19-2)10(6)14)9-4-7(5-16-9)13(17)18/h3,7,9,16H,4-5H2,1-2H3,(H,17,18). The van der Waals surface area contributed by atoms with Gasteiger partial charge < -0.3 is 15.2 Å². The molecule has 1 heterocycles. The van der Waals surface area contributed by atoms with Gasteiger partial charge in [0.05, 0.1) is 18.1 Å². The van der Waals surface area contributed by atoms with Gasteiger partial charge >= 0.3 is 5.97 Å². The van der Waals surface area contributed by atoms with E-state index in [1.165, 1.54) is 7.11 Å². The van der Waals surface area contributed by atoms with Crippen LogP contribution < -0.4 is 10.1 Å². The first kappa shape index (κ1) is 14.1. The van der Waals surface area contributed by atoms with Gasteiger partial charge in [-0.25, -0.2) is 4.39 Å². The molecule has 2 unspecified atom stereocenters. The second kappa shape index (κ2) is 5.35. The number of nitrogens with one attached hydrogen (secondary N) is 1. The second-order valence-electron chi connectivity index (χ2n) is 4.68. The van der Waals surface area contributed by atoms with Crippen LogP contribution in [0.15, 0.2) is 6.07 Å². The summed E-state index contributed by atoms with van der Waals surface area (Å²) in [5.74, 6) is -1.88. The van der Waals surface area contributed by atoms with E-state index in [1.807, 2.05) is 0 Å². The highest BCUT2D eigenvalue weighted by atomic mass is 35.5. The van der Waals surface area contributed by atoms with Crippen molar-refractivity contribution in [3.05, 3.63) is 28.0 Å². The minimum Gasteiger partial charge on any atom is -0.492 e. The molecule has 2 N–H and O–H groups in total. The fraction of sp³-hybridized carbons (Fsp3) is 0.462.